The SMILES string of the molecule is Cc1ccc2nc([C@@H]3CCCN3Cc3c(C)noc3C)[nH]c2c1. The highest BCUT2D eigenvalue weighted by Crippen LogP contribution is 2.33. The smallest absolute Gasteiger partial charge is 0.138 e. The third-order valence-electron chi connectivity index (χ3n) is 4.88. The summed E-state index contributed by atoms with van der Waals surface area (Å²) < 4.78 is 5.31. The summed E-state index contributed by atoms with van der Waals surface area (Å²) in [6, 6.07) is 6.72. The predicted octanol–water partition coefficient (Wildman–Crippen LogP) is 3.81. The summed E-state index contributed by atoms with van der Waals surface area (Å²) in [7, 11) is 0. The van der Waals surface area contributed by atoms with E-state index >= 15 is 0 Å². The van der Waals surface area contributed by atoms with Crippen LogP contribution in [0, 0.1) is 20.8 Å². The molecular weight excluding hydrogens is 288 g/mol. The van der Waals surface area contributed by atoms with Crippen LogP contribution >= 0.6 is 0 Å². The predicted molar refractivity (Wildman–Crippen MR) is 89.2 cm³/mol. The molecule has 1 N–H and O–H groups in total. The van der Waals surface area contributed by atoms with Crippen LogP contribution < -0.4 is 0 Å². The fourth-order valence-corrected chi connectivity index (χ4v) is 3.56. The molecule has 0 unspecified atom stereocenters. The van der Waals surface area contributed by atoms with Crippen LogP contribution in [0.15, 0.2) is 22.7 Å². The summed E-state index contributed by atoms with van der Waals surface area (Å²) in [5.74, 6) is 2.00. The molecule has 0 amide bonds. The molecule has 0 aliphatic carbocycles. The number of aromatic nitrogens is 3. The van der Waals surface area contributed by atoms with E-state index in [0.717, 1.165) is 47.8 Å². The Morgan fingerprint density at radius 1 is 1.30 bits per heavy atom. The van der Waals surface area contributed by atoms with Crippen molar-refractivity contribution in [3.8, 4) is 0 Å². The normalized spacial score (nSPS) is 19.0. The van der Waals surface area contributed by atoms with Gasteiger partial charge in [-0.2, -0.15) is 0 Å². The van der Waals surface area contributed by atoms with E-state index in [1.165, 1.54) is 17.5 Å². The Hall–Kier alpha value is -2.14. The van der Waals surface area contributed by atoms with E-state index in [1.54, 1.807) is 0 Å². The van der Waals surface area contributed by atoms with E-state index < -0.39 is 0 Å². The molecule has 1 atom stereocenters. The molecule has 0 radical (unpaired) electrons. The number of rotatable bonds is 3. The van der Waals surface area contributed by atoms with E-state index in [2.05, 4.69) is 40.2 Å². The Balaban J connectivity index is 1.64. The second-order valence-corrected chi connectivity index (χ2v) is 6.57. The minimum atomic E-state index is 0.344. The maximum absolute atomic E-state index is 5.31. The molecule has 1 fully saturated rings. The number of nitrogens with zero attached hydrogens (tertiary/aromatic N) is 3. The van der Waals surface area contributed by atoms with Crippen molar-refractivity contribution in [2.75, 3.05) is 6.54 Å². The Bertz CT molecular complexity index is 828. The Morgan fingerprint density at radius 3 is 2.96 bits per heavy atom. The highest BCUT2D eigenvalue weighted by molar-refractivity contribution is 5.75. The lowest BCUT2D eigenvalue weighted by atomic mass is 10.1. The highest BCUT2D eigenvalue weighted by Gasteiger charge is 2.29. The van der Waals surface area contributed by atoms with Crippen molar-refractivity contribution in [3.05, 3.63) is 46.6 Å². The number of benzene rings is 1. The van der Waals surface area contributed by atoms with Crippen LogP contribution in [0.2, 0.25) is 0 Å². The first-order valence-electron chi connectivity index (χ1n) is 8.24. The Kier molecular flexibility index (Phi) is 3.45. The van der Waals surface area contributed by atoms with E-state index in [0.29, 0.717) is 6.04 Å². The van der Waals surface area contributed by atoms with Gasteiger partial charge < -0.3 is 9.51 Å². The van der Waals surface area contributed by atoms with Gasteiger partial charge >= 0.3 is 0 Å². The molecule has 1 saturated heterocycles. The quantitative estimate of drug-likeness (QED) is 0.799. The van der Waals surface area contributed by atoms with Crippen molar-refractivity contribution in [2.24, 2.45) is 0 Å². The number of imidazole rings is 1. The van der Waals surface area contributed by atoms with Gasteiger partial charge in [0.2, 0.25) is 0 Å². The topological polar surface area (TPSA) is 58.0 Å². The fraction of sp³-hybridized carbons (Fsp3) is 0.444. The summed E-state index contributed by atoms with van der Waals surface area (Å²) in [5, 5.41) is 4.08. The lowest BCUT2D eigenvalue weighted by Gasteiger charge is -2.22. The lowest BCUT2D eigenvalue weighted by Crippen LogP contribution is -2.24. The van der Waals surface area contributed by atoms with Crippen molar-refractivity contribution in [2.45, 2.75) is 46.2 Å². The zero-order valence-electron chi connectivity index (χ0n) is 13.9. The van der Waals surface area contributed by atoms with E-state index in [9.17, 15) is 0 Å². The molecule has 0 saturated carbocycles. The summed E-state index contributed by atoms with van der Waals surface area (Å²) in [4.78, 5) is 10.8. The molecule has 5 nitrogen and oxygen atoms in total. The lowest BCUT2D eigenvalue weighted by molar-refractivity contribution is 0.239. The second-order valence-electron chi connectivity index (χ2n) is 6.57. The number of nitrogens with one attached hydrogen (secondary N) is 1. The monoisotopic (exact) mass is 310 g/mol. The van der Waals surface area contributed by atoms with E-state index in [1.807, 2.05) is 13.8 Å². The number of hydrogen-bond acceptors (Lipinski definition) is 4. The van der Waals surface area contributed by atoms with Gasteiger partial charge in [0.15, 0.2) is 0 Å². The number of aryl methyl sites for hydroxylation is 3. The molecular formula is C18H22N4O. The molecule has 5 heteroatoms. The fourth-order valence-electron chi connectivity index (χ4n) is 3.56. The minimum absolute atomic E-state index is 0.344. The van der Waals surface area contributed by atoms with Crippen LogP contribution in [0.5, 0.6) is 0 Å². The summed E-state index contributed by atoms with van der Waals surface area (Å²) in [6.45, 7) is 8.08. The van der Waals surface area contributed by atoms with Gasteiger partial charge in [0.05, 0.1) is 22.8 Å². The molecule has 1 aliphatic rings. The number of hydrogen-bond donors (Lipinski definition) is 1. The molecule has 2 aromatic heterocycles. The molecule has 23 heavy (non-hydrogen) atoms. The maximum Gasteiger partial charge on any atom is 0.138 e. The van der Waals surface area contributed by atoms with Gasteiger partial charge in [-0.25, -0.2) is 4.98 Å². The number of likely N-dealkylation sites (tertiary alicyclic amines) is 1. The van der Waals surface area contributed by atoms with Gasteiger partial charge in [-0.3, -0.25) is 4.90 Å². The van der Waals surface area contributed by atoms with Crippen LogP contribution in [-0.4, -0.2) is 26.6 Å². The largest absolute Gasteiger partial charge is 0.361 e. The number of aromatic amines is 1. The average molecular weight is 310 g/mol. The molecule has 1 aromatic carbocycles. The van der Waals surface area contributed by atoms with Gasteiger partial charge in [0.1, 0.15) is 11.6 Å². The molecule has 1 aliphatic heterocycles. The minimum Gasteiger partial charge on any atom is -0.361 e. The van der Waals surface area contributed by atoms with Crippen LogP contribution in [0.3, 0.4) is 0 Å². The first-order chi connectivity index (χ1) is 11.1. The Labute approximate surface area is 135 Å². The summed E-state index contributed by atoms with van der Waals surface area (Å²) >= 11 is 0. The number of H-pyrrole nitrogens is 1. The van der Waals surface area contributed by atoms with Gasteiger partial charge in [0.25, 0.3) is 0 Å². The third kappa shape index (κ3) is 2.55. The zero-order valence-corrected chi connectivity index (χ0v) is 13.9. The standard InChI is InChI=1S/C18H22N4O/c1-11-6-7-15-16(9-11)20-18(19-15)17-5-4-8-22(17)10-14-12(2)21-23-13(14)3/h6-7,9,17H,4-5,8,10H2,1-3H3,(H,19,20)/t17-/m0/s1. The molecule has 0 spiro atoms. The van der Waals surface area contributed by atoms with Crippen LogP contribution in [0.25, 0.3) is 11.0 Å². The van der Waals surface area contributed by atoms with E-state index in [4.69, 9.17) is 9.51 Å². The van der Waals surface area contributed by atoms with Gasteiger partial charge in [-0.05, 0) is 57.9 Å². The first-order valence-corrected chi connectivity index (χ1v) is 8.24. The van der Waals surface area contributed by atoms with Crippen molar-refractivity contribution >= 4 is 11.0 Å². The van der Waals surface area contributed by atoms with Crippen LogP contribution in [0.4, 0.5) is 0 Å². The maximum atomic E-state index is 5.31. The number of fused-ring (bicyclic) bond motifs is 1. The molecule has 4 rings (SSSR count). The third-order valence-corrected chi connectivity index (χ3v) is 4.88. The Morgan fingerprint density at radius 2 is 2.17 bits per heavy atom. The first kappa shape index (κ1) is 14.5. The molecule has 3 heterocycles. The van der Waals surface area contributed by atoms with Crippen LogP contribution in [0.1, 0.15) is 47.3 Å². The van der Waals surface area contributed by atoms with Crippen molar-refractivity contribution in [1.82, 2.24) is 20.0 Å². The van der Waals surface area contributed by atoms with E-state index in [-0.39, 0.29) is 0 Å². The molecule has 3 aromatic rings. The molecule has 120 valence electrons. The van der Waals surface area contributed by atoms with Crippen molar-refractivity contribution in [3.63, 3.8) is 0 Å². The van der Waals surface area contributed by atoms with Crippen molar-refractivity contribution in [1.29, 1.82) is 0 Å². The van der Waals surface area contributed by atoms with Gasteiger partial charge in [-0.15, -0.1) is 0 Å². The average Bonchev–Trinajstić information content (AvgIpc) is 3.21. The highest BCUT2D eigenvalue weighted by atomic mass is 16.5. The summed E-state index contributed by atoms with van der Waals surface area (Å²) in [5.41, 5.74) is 5.64. The van der Waals surface area contributed by atoms with Gasteiger partial charge in [0, 0.05) is 12.1 Å². The summed E-state index contributed by atoms with van der Waals surface area (Å²) in [6.07, 6.45) is 2.34. The van der Waals surface area contributed by atoms with Gasteiger partial charge in [-0.1, -0.05) is 11.2 Å². The molecule has 0 bridgehead atoms. The van der Waals surface area contributed by atoms with Crippen molar-refractivity contribution < 1.29 is 4.52 Å². The zero-order chi connectivity index (χ0) is 16.0. The second kappa shape index (κ2) is 5.49. The van der Waals surface area contributed by atoms with Crippen LogP contribution in [-0.2, 0) is 6.54 Å².